The topological polar surface area (TPSA) is 36.8 Å². The van der Waals surface area contributed by atoms with Crippen molar-refractivity contribution in [1.82, 2.24) is 18.5 Å². The predicted octanol–water partition coefficient (Wildman–Crippen LogP) is 10.3. The Balaban J connectivity index is 1.25. The van der Waals surface area contributed by atoms with Crippen molar-refractivity contribution in [3.8, 4) is 11.4 Å². The highest BCUT2D eigenvalue weighted by molar-refractivity contribution is 7.72. The molecule has 0 aliphatic carbocycles. The average molecular weight is 891 g/mol. The number of aryl methyl sites for hydroxylation is 2. The first kappa shape index (κ1) is 39.7. The van der Waals surface area contributed by atoms with Crippen molar-refractivity contribution in [3.05, 3.63) is 153 Å². The van der Waals surface area contributed by atoms with E-state index in [9.17, 15) is 26.7 Å². The SMILES string of the molecule is C=c1c2ccc3c(=S)n(-n4c(=C)c5ccc6c(=O)n(-c7c(F)c(F)c(C(F)(F)F)c(F)c7F)c(=P)c7ccc(c4=C)c5c67)c(=S)c4ccc(c(=C)n1-c1c(C)cccc1C)c2c34. The summed E-state index contributed by atoms with van der Waals surface area (Å²) >= 11 is 12.5. The fraction of sp³-hybridized carbons (Fsp3) is 0.0638. The fourth-order valence-electron chi connectivity index (χ4n) is 9.27. The predicted molar refractivity (Wildman–Crippen MR) is 240 cm³/mol. The third kappa shape index (κ3) is 4.91. The minimum atomic E-state index is -5.77. The Kier molecular flexibility index (Phi) is 8.33. The highest BCUT2D eigenvalue weighted by atomic mass is 32.1. The summed E-state index contributed by atoms with van der Waals surface area (Å²) in [7, 11) is 3.24. The second-order valence-corrected chi connectivity index (χ2v) is 16.5. The Morgan fingerprint density at radius 3 is 1.37 bits per heavy atom. The summed E-state index contributed by atoms with van der Waals surface area (Å²) in [6, 6.07) is 19.9. The van der Waals surface area contributed by atoms with Crippen LogP contribution in [0.25, 0.3) is 102 Å². The van der Waals surface area contributed by atoms with Gasteiger partial charge in [0.15, 0.2) is 23.3 Å². The van der Waals surface area contributed by atoms with Gasteiger partial charge in [-0.05, 0) is 31.0 Å². The number of halogens is 7. The number of nitrogens with zero attached hydrogens (tertiary/aromatic N) is 4. The molecule has 0 fully saturated rings. The summed E-state index contributed by atoms with van der Waals surface area (Å²) in [5.74, 6) is -10.2. The van der Waals surface area contributed by atoms with Gasteiger partial charge < -0.3 is 4.57 Å². The van der Waals surface area contributed by atoms with Crippen LogP contribution in [0.1, 0.15) is 16.7 Å². The molecule has 10 rings (SSSR count). The zero-order chi connectivity index (χ0) is 44.3. The zero-order valence-electron chi connectivity index (χ0n) is 32.3. The summed E-state index contributed by atoms with van der Waals surface area (Å²) in [5.41, 5.74) is -2.47. The van der Waals surface area contributed by atoms with E-state index in [4.69, 9.17) is 24.4 Å². The van der Waals surface area contributed by atoms with Crippen molar-refractivity contribution < 1.29 is 30.7 Å². The summed E-state index contributed by atoms with van der Waals surface area (Å²) in [5, 5.41) is 8.36. The fourth-order valence-corrected chi connectivity index (χ4v) is 10.4. The molecule has 62 heavy (non-hydrogen) atoms. The molecule has 0 bridgehead atoms. The van der Waals surface area contributed by atoms with Gasteiger partial charge in [0, 0.05) is 75.3 Å². The number of pyridine rings is 4. The van der Waals surface area contributed by atoms with Crippen LogP contribution in [0.5, 0.6) is 0 Å². The van der Waals surface area contributed by atoms with Crippen molar-refractivity contribution >= 4 is 124 Å². The van der Waals surface area contributed by atoms with Gasteiger partial charge >= 0.3 is 6.18 Å². The molecule has 0 aliphatic heterocycles. The quantitative estimate of drug-likeness (QED) is 0.0583. The number of alkyl halides is 3. The first-order valence-electron chi connectivity index (χ1n) is 18.7. The van der Waals surface area contributed by atoms with Crippen LogP contribution in [-0.2, 0) is 6.18 Å². The third-order valence-electron chi connectivity index (χ3n) is 12.0. The Morgan fingerprint density at radius 2 is 0.903 bits per heavy atom. The smallest absolute Gasteiger partial charge is 0.310 e. The Labute approximate surface area is 356 Å². The lowest BCUT2D eigenvalue weighted by atomic mass is 9.95. The standard InChI is InChI=1S/C47H26F7N4OPS2/c1-18-8-7-9-19(2)41(18)55-20(3)24-12-16-30-35-31(17-13-25(21(55)4)32(24)35)46(62)58(45(30)61)57-22(5)26-10-14-28-34-29(15-11-27(23(57)6)33(26)34)44(60)56(43(28)59)42-39(50)37(48)36(47(52,53)54)38(49)40(42)51/h7-17,60H,3-6H2,1-2H3. The van der Waals surface area contributed by atoms with E-state index in [0.717, 1.165) is 49.1 Å². The molecule has 0 atom stereocenters. The highest BCUT2D eigenvalue weighted by Crippen LogP contribution is 2.40. The second kappa shape index (κ2) is 13.0. The molecule has 0 unspecified atom stereocenters. The van der Waals surface area contributed by atoms with Gasteiger partial charge in [0.2, 0.25) is 0 Å². The van der Waals surface area contributed by atoms with Gasteiger partial charge in [-0.1, -0.05) is 120 Å². The van der Waals surface area contributed by atoms with Crippen molar-refractivity contribution in [2.75, 3.05) is 0 Å². The molecule has 0 amide bonds. The summed E-state index contributed by atoms with van der Waals surface area (Å²) in [4.78, 5) is 14.1. The lowest BCUT2D eigenvalue weighted by Gasteiger charge is -2.23. The van der Waals surface area contributed by atoms with Crippen LogP contribution in [0.15, 0.2) is 71.5 Å². The molecule has 6 aromatic carbocycles. The van der Waals surface area contributed by atoms with Crippen LogP contribution < -0.4 is 27.0 Å². The van der Waals surface area contributed by atoms with Crippen molar-refractivity contribution in [2.24, 2.45) is 0 Å². The molecule has 15 heteroatoms. The maximum absolute atomic E-state index is 15.4. The molecule has 0 aliphatic rings. The molecule has 5 nitrogen and oxygen atoms in total. The van der Waals surface area contributed by atoms with Crippen LogP contribution in [0.3, 0.4) is 0 Å². The summed E-state index contributed by atoms with van der Waals surface area (Å²) in [6.45, 7) is 21.9. The maximum Gasteiger partial charge on any atom is 0.422 e. The van der Waals surface area contributed by atoms with E-state index in [1.54, 1.807) is 15.4 Å². The summed E-state index contributed by atoms with van der Waals surface area (Å²) in [6.07, 6.45) is -5.77. The number of para-hydroxylation sites is 1. The van der Waals surface area contributed by atoms with E-state index < -0.39 is 51.3 Å². The molecule has 306 valence electrons. The number of hydrogen-bond donors (Lipinski definition) is 0. The van der Waals surface area contributed by atoms with Crippen LogP contribution in [0, 0.1) is 51.5 Å². The molecule has 0 saturated heterocycles. The molecule has 0 N–H and O–H groups in total. The lowest BCUT2D eigenvalue weighted by Crippen LogP contribution is -2.38. The molecule has 0 radical (unpaired) electrons. The van der Waals surface area contributed by atoms with E-state index in [0.29, 0.717) is 46.9 Å². The van der Waals surface area contributed by atoms with Crippen LogP contribution in [-0.4, -0.2) is 18.5 Å². The molecule has 10 aromatic rings. The van der Waals surface area contributed by atoms with Gasteiger partial charge in [0.05, 0.1) is 21.5 Å². The van der Waals surface area contributed by atoms with Crippen molar-refractivity contribution in [1.29, 1.82) is 0 Å². The van der Waals surface area contributed by atoms with Gasteiger partial charge in [-0.25, -0.2) is 26.9 Å². The van der Waals surface area contributed by atoms with Crippen molar-refractivity contribution in [2.45, 2.75) is 20.0 Å². The van der Waals surface area contributed by atoms with Crippen LogP contribution >= 0.6 is 33.3 Å². The third-order valence-corrected chi connectivity index (χ3v) is 13.3. The Bertz CT molecular complexity index is 3990. The van der Waals surface area contributed by atoms with E-state index in [2.05, 4.69) is 39.7 Å². The van der Waals surface area contributed by atoms with Crippen molar-refractivity contribution in [3.63, 3.8) is 0 Å². The number of benzene rings is 6. The maximum atomic E-state index is 15.4. The molecule has 4 aromatic heterocycles. The first-order valence-corrected chi connectivity index (χ1v) is 20.0. The van der Waals surface area contributed by atoms with E-state index >= 15 is 8.78 Å². The van der Waals surface area contributed by atoms with Crippen LogP contribution in [0.4, 0.5) is 30.7 Å². The molecule has 0 saturated carbocycles. The molecular weight excluding hydrogens is 865 g/mol. The first-order chi connectivity index (χ1) is 29.3. The van der Waals surface area contributed by atoms with Gasteiger partial charge in [0.25, 0.3) is 5.56 Å². The largest absolute Gasteiger partial charge is 0.422 e. The highest BCUT2D eigenvalue weighted by Gasteiger charge is 2.43. The Hall–Kier alpha value is -6.47. The molecular formula is C47H26F7N4OPS2. The number of rotatable bonds is 3. The number of aromatic nitrogens is 4. The van der Waals surface area contributed by atoms with E-state index in [1.165, 1.54) is 18.2 Å². The average Bonchev–Trinajstić information content (AvgIpc) is 3.22. The monoisotopic (exact) mass is 890 g/mol. The van der Waals surface area contributed by atoms with Gasteiger partial charge in [0.1, 0.15) is 20.5 Å². The summed E-state index contributed by atoms with van der Waals surface area (Å²) < 4.78 is 107. The van der Waals surface area contributed by atoms with Gasteiger partial charge in [-0.15, -0.1) is 0 Å². The number of hydrogen-bond acceptors (Lipinski definition) is 3. The van der Waals surface area contributed by atoms with Gasteiger partial charge in [-0.2, -0.15) is 13.2 Å². The van der Waals surface area contributed by atoms with E-state index in [-0.39, 0.29) is 20.7 Å². The normalized spacial score (nSPS) is 12.5. The molecule has 0 spiro atoms. The lowest BCUT2D eigenvalue weighted by molar-refractivity contribution is -0.143. The molecule has 4 heterocycles. The van der Waals surface area contributed by atoms with E-state index in [1.807, 2.05) is 56.3 Å². The minimum Gasteiger partial charge on any atom is -0.310 e. The van der Waals surface area contributed by atoms with Crippen LogP contribution in [0.2, 0.25) is 0 Å². The minimum absolute atomic E-state index is 0.127. The van der Waals surface area contributed by atoms with Gasteiger partial charge in [-0.3, -0.25) is 9.36 Å². The zero-order valence-corrected chi connectivity index (χ0v) is 35.0. The Morgan fingerprint density at radius 1 is 0.516 bits per heavy atom. The second-order valence-electron chi connectivity index (χ2n) is 15.2.